The van der Waals surface area contributed by atoms with E-state index >= 15 is 0 Å². The molecule has 0 amide bonds. The number of aliphatic hydroxyl groups is 1. The van der Waals surface area contributed by atoms with Crippen LogP contribution < -0.4 is 5.73 Å². The lowest BCUT2D eigenvalue weighted by Crippen LogP contribution is -2.39. The van der Waals surface area contributed by atoms with Crippen molar-refractivity contribution < 1.29 is 5.11 Å². The van der Waals surface area contributed by atoms with E-state index in [1.807, 2.05) is 28.8 Å². The summed E-state index contributed by atoms with van der Waals surface area (Å²) >= 11 is 1.48. The molecule has 2 rings (SSSR count). The molecule has 0 aliphatic heterocycles. The Hall–Kier alpha value is -1.11. The van der Waals surface area contributed by atoms with Gasteiger partial charge in [0, 0.05) is 12.2 Å². The van der Waals surface area contributed by atoms with Gasteiger partial charge in [0.15, 0.2) is 10.8 Å². The summed E-state index contributed by atoms with van der Waals surface area (Å²) in [5.41, 5.74) is 6.89. The van der Waals surface area contributed by atoms with Crippen molar-refractivity contribution in [2.24, 2.45) is 11.7 Å². The van der Waals surface area contributed by atoms with Gasteiger partial charge in [-0.1, -0.05) is 31.7 Å². The van der Waals surface area contributed by atoms with Crippen LogP contribution in [0.25, 0.3) is 5.65 Å². The van der Waals surface area contributed by atoms with Gasteiger partial charge in [0.1, 0.15) is 0 Å². The van der Waals surface area contributed by atoms with Gasteiger partial charge in [-0.3, -0.25) is 4.40 Å². The fourth-order valence-electron chi connectivity index (χ4n) is 1.70. The summed E-state index contributed by atoms with van der Waals surface area (Å²) in [6.45, 7) is 4.14. The Morgan fingerprint density at radius 3 is 2.83 bits per heavy atom. The number of hydrogen-bond acceptors (Lipinski definition) is 5. The molecule has 3 N–H and O–H groups in total. The highest BCUT2D eigenvalue weighted by Crippen LogP contribution is 2.25. The van der Waals surface area contributed by atoms with Gasteiger partial charge in [-0.25, -0.2) is 0 Å². The summed E-state index contributed by atoms with van der Waals surface area (Å²) < 4.78 is 1.90. The van der Waals surface area contributed by atoms with Gasteiger partial charge in [-0.2, -0.15) is 0 Å². The fourth-order valence-corrected chi connectivity index (χ4v) is 2.87. The van der Waals surface area contributed by atoms with Crippen LogP contribution in [0, 0.1) is 5.92 Å². The molecule has 18 heavy (non-hydrogen) atoms. The van der Waals surface area contributed by atoms with Crippen LogP contribution in [0.15, 0.2) is 29.6 Å². The molecule has 0 aromatic carbocycles. The number of hydrogen-bond donors (Lipinski definition) is 2. The highest BCUT2D eigenvalue weighted by atomic mass is 32.2. The minimum atomic E-state index is -0.0731. The second kappa shape index (κ2) is 5.69. The zero-order chi connectivity index (χ0) is 13.1. The van der Waals surface area contributed by atoms with Crippen molar-refractivity contribution >= 4 is 17.4 Å². The van der Waals surface area contributed by atoms with Gasteiger partial charge in [0.25, 0.3) is 0 Å². The molecular weight excluding hydrogens is 248 g/mol. The predicted molar refractivity (Wildman–Crippen MR) is 72.5 cm³/mol. The van der Waals surface area contributed by atoms with Crippen molar-refractivity contribution in [2.75, 3.05) is 6.61 Å². The standard InChI is InChI=1S/C12H18N4OS/c1-8(2)11(13)9(7-17)18-12-15-14-10-5-3-4-6-16(10)12/h3-6,8-9,11,17H,7,13H2,1-2H3. The minimum absolute atomic E-state index is 0.0335. The molecule has 0 aliphatic rings. The van der Waals surface area contributed by atoms with E-state index in [2.05, 4.69) is 24.0 Å². The molecule has 0 spiro atoms. The third-order valence-corrected chi connectivity index (χ3v) is 4.17. The Kier molecular flexibility index (Phi) is 4.21. The molecule has 0 radical (unpaired) electrons. The maximum absolute atomic E-state index is 9.46. The van der Waals surface area contributed by atoms with Crippen LogP contribution in [0.3, 0.4) is 0 Å². The molecule has 0 saturated carbocycles. The second-order valence-corrected chi connectivity index (χ2v) is 5.78. The van der Waals surface area contributed by atoms with Gasteiger partial charge < -0.3 is 10.8 Å². The summed E-state index contributed by atoms with van der Waals surface area (Å²) in [4.78, 5) is 0. The van der Waals surface area contributed by atoms with Crippen LogP contribution in [0.5, 0.6) is 0 Å². The van der Waals surface area contributed by atoms with Crippen molar-refractivity contribution in [1.29, 1.82) is 0 Å². The lowest BCUT2D eigenvalue weighted by Gasteiger charge is -2.23. The molecular formula is C12H18N4OS. The molecule has 2 unspecified atom stereocenters. The molecule has 0 aliphatic carbocycles. The Balaban J connectivity index is 2.21. The first-order valence-corrected chi connectivity index (χ1v) is 6.84. The first kappa shape index (κ1) is 13.3. The van der Waals surface area contributed by atoms with E-state index in [4.69, 9.17) is 5.73 Å². The van der Waals surface area contributed by atoms with Crippen LogP contribution in [0.1, 0.15) is 13.8 Å². The third-order valence-electron chi connectivity index (χ3n) is 2.92. The Morgan fingerprint density at radius 1 is 1.39 bits per heavy atom. The number of thioether (sulfide) groups is 1. The van der Waals surface area contributed by atoms with Crippen LogP contribution in [0.4, 0.5) is 0 Å². The number of aliphatic hydroxyl groups excluding tert-OH is 1. The Labute approximate surface area is 110 Å². The van der Waals surface area contributed by atoms with Crippen molar-refractivity contribution in [3.8, 4) is 0 Å². The Bertz CT molecular complexity index is 514. The van der Waals surface area contributed by atoms with Crippen molar-refractivity contribution in [3.05, 3.63) is 24.4 Å². The SMILES string of the molecule is CC(C)C(N)C(CO)Sc1nnc2ccccn12. The largest absolute Gasteiger partial charge is 0.395 e. The lowest BCUT2D eigenvalue weighted by atomic mass is 10.0. The molecule has 2 heterocycles. The van der Waals surface area contributed by atoms with Crippen molar-refractivity contribution in [1.82, 2.24) is 14.6 Å². The quantitative estimate of drug-likeness (QED) is 0.794. The van der Waals surface area contributed by atoms with E-state index in [0.717, 1.165) is 10.8 Å². The van der Waals surface area contributed by atoms with E-state index in [9.17, 15) is 5.11 Å². The number of fused-ring (bicyclic) bond motifs is 1. The highest BCUT2D eigenvalue weighted by molar-refractivity contribution is 7.99. The van der Waals surface area contributed by atoms with Crippen LogP contribution in [-0.4, -0.2) is 37.6 Å². The van der Waals surface area contributed by atoms with Crippen LogP contribution in [0.2, 0.25) is 0 Å². The van der Waals surface area contributed by atoms with E-state index in [1.54, 1.807) is 0 Å². The van der Waals surface area contributed by atoms with E-state index in [0.29, 0.717) is 5.92 Å². The van der Waals surface area contributed by atoms with Gasteiger partial charge in [0.2, 0.25) is 0 Å². The van der Waals surface area contributed by atoms with Gasteiger partial charge >= 0.3 is 0 Å². The van der Waals surface area contributed by atoms with Crippen LogP contribution in [-0.2, 0) is 0 Å². The molecule has 6 heteroatoms. The molecule has 5 nitrogen and oxygen atoms in total. The highest BCUT2D eigenvalue weighted by Gasteiger charge is 2.23. The zero-order valence-electron chi connectivity index (χ0n) is 10.5. The maximum Gasteiger partial charge on any atom is 0.196 e. The summed E-state index contributed by atoms with van der Waals surface area (Å²) in [6.07, 6.45) is 1.91. The number of pyridine rings is 1. The monoisotopic (exact) mass is 266 g/mol. The van der Waals surface area contributed by atoms with E-state index in [-0.39, 0.29) is 17.9 Å². The Morgan fingerprint density at radius 2 is 2.17 bits per heavy atom. The average Bonchev–Trinajstić information content (AvgIpc) is 2.78. The maximum atomic E-state index is 9.46. The fraction of sp³-hybridized carbons (Fsp3) is 0.500. The van der Waals surface area contributed by atoms with Crippen molar-refractivity contribution in [2.45, 2.75) is 30.3 Å². The topological polar surface area (TPSA) is 76.4 Å². The van der Waals surface area contributed by atoms with Gasteiger partial charge in [0.05, 0.1) is 11.9 Å². The first-order valence-electron chi connectivity index (χ1n) is 5.96. The molecule has 0 fully saturated rings. The number of aromatic nitrogens is 3. The second-order valence-electron chi connectivity index (χ2n) is 4.57. The number of nitrogens with zero attached hydrogens (tertiary/aromatic N) is 3. The molecule has 2 aromatic heterocycles. The number of nitrogens with two attached hydrogens (primary N) is 1. The summed E-state index contributed by atoms with van der Waals surface area (Å²) in [5.74, 6) is 0.314. The van der Waals surface area contributed by atoms with E-state index in [1.165, 1.54) is 11.8 Å². The van der Waals surface area contributed by atoms with Gasteiger partial charge in [-0.05, 0) is 18.1 Å². The summed E-state index contributed by atoms with van der Waals surface area (Å²) in [5, 5.41) is 18.4. The molecule has 0 bridgehead atoms. The minimum Gasteiger partial charge on any atom is -0.395 e. The average molecular weight is 266 g/mol. The summed E-state index contributed by atoms with van der Waals surface area (Å²) in [6, 6.07) is 5.67. The molecule has 98 valence electrons. The predicted octanol–water partition coefficient (Wildman–Crippen LogP) is 1.17. The molecule has 2 aromatic rings. The van der Waals surface area contributed by atoms with E-state index < -0.39 is 0 Å². The first-order chi connectivity index (χ1) is 8.63. The van der Waals surface area contributed by atoms with Crippen molar-refractivity contribution in [3.63, 3.8) is 0 Å². The van der Waals surface area contributed by atoms with Crippen LogP contribution >= 0.6 is 11.8 Å². The van der Waals surface area contributed by atoms with Gasteiger partial charge in [-0.15, -0.1) is 10.2 Å². The summed E-state index contributed by atoms with van der Waals surface area (Å²) in [7, 11) is 0. The molecule has 0 saturated heterocycles. The molecule has 2 atom stereocenters. The smallest absolute Gasteiger partial charge is 0.196 e. The third kappa shape index (κ3) is 2.66. The normalized spacial score (nSPS) is 15.2. The lowest BCUT2D eigenvalue weighted by molar-refractivity contribution is 0.269. The zero-order valence-corrected chi connectivity index (χ0v) is 11.3. The number of rotatable bonds is 5.